The summed E-state index contributed by atoms with van der Waals surface area (Å²) in [6.07, 6.45) is 13.2. The van der Waals surface area contributed by atoms with Crippen LogP contribution in [0.5, 0.6) is 0 Å². The highest BCUT2D eigenvalue weighted by Gasteiger charge is 2.43. The Labute approximate surface area is 220 Å². The van der Waals surface area contributed by atoms with E-state index >= 15 is 0 Å². The van der Waals surface area contributed by atoms with Crippen LogP contribution in [0.3, 0.4) is 0 Å². The first-order chi connectivity index (χ1) is 13.9. The number of rotatable bonds is 10. The second-order valence-corrected chi connectivity index (χ2v) is 12.4. The highest BCUT2D eigenvalue weighted by molar-refractivity contribution is 14.1. The summed E-state index contributed by atoms with van der Waals surface area (Å²) >= 11 is 12.6. The van der Waals surface area contributed by atoms with Crippen molar-refractivity contribution in [2.24, 2.45) is 0 Å². The molecule has 0 fully saturated rings. The number of fused-ring (bicyclic) bond motifs is 3. The zero-order valence-electron chi connectivity index (χ0n) is 17.4. The number of hydrogen-bond acceptors (Lipinski definition) is 0. The van der Waals surface area contributed by atoms with E-state index in [4.69, 9.17) is 0 Å². The Hall–Kier alpha value is 0.860. The van der Waals surface area contributed by atoms with Gasteiger partial charge in [-0.2, -0.15) is 0 Å². The minimum absolute atomic E-state index is 0.174. The third kappa shape index (κ3) is 5.27. The molecule has 1 aliphatic rings. The Kier molecular flexibility index (Phi) is 9.40. The van der Waals surface area contributed by atoms with Crippen molar-refractivity contribution in [3.05, 3.63) is 51.5 Å². The standard InChI is InChI=1S/C25H30Br2I2/c1-3-5-7-9-11-25(12-10-8-6-4-2)19-15-23(28)21(26)13-17(19)18-14-22(27)24(29)16-20(18)25/h13-16H,3-12H2,1-2H3. The smallest absolute Gasteiger partial charge is 0.0315 e. The van der Waals surface area contributed by atoms with Gasteiger partial charge >= 0.3 is 0 Å². The number of benzene rings is 2. The molecule has 0 N–H and O–H groups in total. The Morgan fingerprint density at radius 1 is 0.655 bits per heavy atom. The molecule has 0 bridgehead atoms. The monoisotopic (exact) mass is 742 g/mol. The fourth-order valence-corrected chi connectivity index (χ4v) is 6.47. The molecule has 0 atom stereocenters. The van der Waals surface area contributed by atoms with Gasteiger partial charge in [0.1, 0.15) is 0 Å². The van der Waals surface area contributed by atoms with Crippen LogP contribution in [0, 0.1) is 7.14 Å². The zero-order chi connectivity index (χ0) is 21.0. The molecular weight excluding hydrogens is 714 g/mol. The van der Waals surface area contributed by atoms with Crippen molar-refractivity contribution in [1.29, 1.82) is 0 Å². The van der Waals surface area contributed by atoms with Gasteiger partial charge in [-0.15, -0.1) is 0 Å². The van der Waals surface area contributed by atoms with Gasteiger partial charge in [-0.3, -0.25) is 0 Å². The molecular formula is C25H30Br2I2. The van der Waals surface area contributed by atoms with Crippen LogP contribution in [-0.2, 0) is 5.41 Å². The van der Waals surface area contributed by atoms with Crippen molar-refractivity contribution in [2.45, 2.75) is 83.5 Å². The molecule has 0 saturated carbocycles. The SMILES string of the molecule is CCCCCCC1(CCCCCC)c2cc(I)c(Br)cc2-c2cc(Br)c(I)cc21. The van der Waals surface area contributed by atoms with Crippen LogP contribution in [0.4, 0.5) is 0 Å². The normalized spacial score (nSPS) is 14.1. The molecule has 1 aliphatic carbocycles. The van der Waals surface area contributed by atoms with Crippen LogP contribution in [0.2, 0.25) is 0 Å². The highest BCUT2D eigenvalue weighted by atomic mass is 127. The van der Waals surface area contributed by atoms with Crippen molar-refractivity contribution >= 4 is 77.0 Å². The number of hydrogen-bond donors (Lipinski definition) is 0. The number of halogens is 4. The van der Waals surface area contributed by atoms with E-state index in [1.165, 1.54) is 91.4 Å². The summed E-state index contributed by atoms with van der Waals surface area (Å²) in [5.41, 5.74) is 6.20. The summed E-state index contributed by atoms with van der Waals surface area (Å²) in [4.78, 5) is 0. The molecule has 0 heterocycles. The summed E-state index contributed by atoms with van der Waals surface area (Å²) < 4.78 is 5.08. The average Bonchev–Trinajstić information content (AvgIpc) is 2.93. The largest absolute Gasteiger partial charge is 0.0654 e. The minimum Gasteiger partial charge on any atom is -0.0654 e. The van der Waals surface area contributed by atoms with Gasteiger partial charge in [-0.1, -0.05) is 65.2 Å². The van der Waals surface area contributed by atoms with Crippen molar-refractivity contribution in [3.8, 4) is 11.1 Å². The predicted octanol–water partition coefficient (Wildman–Crippen LogP) is 10.6. The molecule has 0 saturated heterocycles. The molecule has 0 aromatic heterocycles. The summed E-state index contributed by atoms with van der Waals surface area (Å²) in [6.45, 7) is 4.61. The van der Waals surface area contributed by atoms with E-state index in [9.17, 15) is 0 Å². The fraction of sp³-hybridized carbons (Fsp3) is 0.520. The molecule has 0 aliphatic heterocycles. The van der Waals surface area contributed by atoms with Crippen molar-refractivity contribution < 1.29 is 0 Å². The Balaban J connectivity index is 2.11. The van der Waals surface area contributed by atoms with Crippen LogP contribution >= 0.6 is 77.0 Å². The molecule has 4 heteroatoms. The Morgan fingerprint density at radius 3 is 1.45 bits per heavy atom. The maximum atomic E-state index is 3.80. The van der Waals surface area contributed by atoms with Crippen LogP contribution < -0.4 is 0 Å². The number of unbranched alkanes of at least 4 members (excludes halogenated alkanes) is 6. The van der Waals surface area contributed by atoms with Crippen LogP contribution in [0.15, 0.2) is 33.2 Å². The fourth-order valence-electron chi connectivity index (χ4n) is 4.85. The quantitative estimate of drug-likeness (QED) is 0.168. The zero-order valence-corrected chi connectivity index (χ0v) is 24.9. The summed E-state index contributed by atoms with van der Waals surface area (Å²) in [6, 6.07) is 9.69. The lowest BCUT2D eigenvalue weighted by atomic mass is 9.70. The molecule has 0 spiro atoms. The summed E-state index contributed by atoms with van der Waals surface area (Å²) in [5.74, 6) is 0. The first-order valence-electron chi connectivity index (χ1n) is 10.9. The van der Waals surface area contributed by atoms with E-state index in [0.29, 0.717) is 0 Å². The third-order valence-electron chi connectivity index (χ3n) is 6.36. The molecule has 0 unspecified atom stereocenters. The molecule has 158 valence electrons. The van der Waals surface area contributed by atoms with Gasteiger partial charge in [0.15, 0.2) is 0 Å². The van der Waals surface area contributed by atoms with E-state index in [2.05, 4.69) is 115 Å². The predicted molar refractivity (Wildman–Crippen MR) is 151 cm³/mol. The van der Waals surface area contributed by atoms with Crippen LogP contribution in [-0.4, -0.2) is 0 Å². The minimum atomic E-state index is 0.174. The van der Waals surface area contributed by atoms with Gasteiger partial charge in [0.25, 0.3) is 0 Å². The van der Waals surface area contributed by atoms with Crippen molar-refractivity contribution in [3.63, 3.8) is 0 Å². The first kappa shape index (κ1) is 24.5. The van der Waals surface area contributed by atoms with E-state index in [1.54, 1.807) is 11.1 Å². The summed E-state index contributed by atoms with van der Waals surface area (Å²) in [7, 11) is 0. The van der Waals surface area contributed by atoms with Crippen LogP contribution in [0.1, 0.15) is 89.2 Å². The van der Waals surface area contributed by atoms with Crippen molar-refractivity contribution in [1.82, 2.24) is 0 Å². The average molecular weight is 744 g/mol. The molecule has 0 nitrogen and oxygen atoms in total. The van der Waals surface area contributed by atoms with Gasteiger partial charge < -0.3 is 0 Å². The summed E-state index contributed by atoms with van der Waals surface area (Å²) in [5, 5.41) is 0. The lowest BCUT2D eigenvalue weighted by Crippen LogP contribution is -2.26. The van der Waals surface area contributed by atoms with E-state index in [0.717, 1.165) is 0 Å². The van der Waals surface area contributed by atoms with Crippen molar-refractivity contribution in [2.75, 3.05) is 0 Å². The van der Waals surface area contributed by atoms with E-state index < -0.39 is 0 Å². The van der Waals surface area contributed by atoms with Gasteiger partial charge in [0.2, 0.25) is 0 Å². The third-order valence-corrected chi connectivity index (χ3v) is 10.9. The first-order valence-corrected chi connectivity index (χ1v) is 14.7. The van der Waals surface area contributed by atoms with Gasteiger partial charge in [0.05, 0.1) is 0 Å². The van der Waals surface area contributed by atoms with E-state index in [1.807, 2.05) is 0 Å². The molecule has 0 radical (unpaired) electrons. The Morgan fingerprint density at radius 2 is 1.07 bits per heavy atom. The second kappa shape index (κ2) is 11.1. The van der Waals surface area contributed by atoms with Gasteiger partial charge in [-0.25, -0.2) is 0 Å². The molecule has 29 heavy (non-hydrogen) atoms. The second-order valence-electron chi connectivity index (χ2n) is 8.33. The molecule has 3 rings (SSSR count). The van der Waals surface area contributed by atoms with E-state index in [-0.39, 0.29) is 5.41 Å². The topological polar surface area (TPSA) is 0 Å². The molecule has 0 amide bonds. The van der Waals surface area contributed by atoms with Gasteiger partial charge in [-0.05, 0) is 136 Å². The highest BCUT2D eigenvalue weighted by Crippen LogP contribution is 2.56. The maximum absolute atomic E-state index is 3.80. The van der Waals surface area contributed by atoms with Crippen LogP contribution in [0.25, 0.3) is 11.1 Å². The van der Waals surface area contributed by atoms with Gasteiger partial charge in [0, 0.05) is 21.5 Å². The maximum Gasteiger partial charge on any atom is 0.0315 e. The molecule has 2 aromatic carbocycles. The lowest BCUT2D eigenvalue weighted by molar-refractivity contribution is 0.400. The Bertz CT molecular complexity index is 789. The molecule has 2 aromatic rings. The lowest BCUT2D eigenvalue weighted by Gasteiger charge is -2.33.